The second-order valence-corrected chi connectivity index (χ2v) is 6.39. The fourth-order valence-corrected chi connectivity index (χ4v) is 3.04. The predicted octanol–water partition coefficient (Wildman–Crippen LogP) is 0.873. The normalized spacial score (nSPS) is 16.6. The zero-order chi connectivity index (χ0) is 18.1. The summed E-state index contributed by atoms with van der Waals surface area (Å²) in [5, 5.41) is 6.73. The molecule has 0 bridgehead atoms. The number of hydrogen-bond acceptors (Lipinski definition) is 3. The van der Waals surface area contributed by atoms with E-state index < -0.39 is 0 Å². The van der Waals surface area contributed by atoms with E-state index in [0.29, 0.717) is 12.6 Å². The molecule has 1 aliphatic rings. The van der Waals surface area contributed by atoms with Gasteiger partial charge >= 0.3 is 0 Å². The molecule has 6 nitrogen and oxygen atoms in total. The molecule has 0 spiro atoms. The molecule has 1 aliphatic heterocycles. The Morgan fingerprint density at radius 3 is 2.80 bits per heavy atom. The van der Waals surface area contributed by atoms with Crippen LogP contribution >= 0.6 is 0 Å². The number of primary amides is 1. The fourth-order valence-electron chi connectivity index (χ4n) is 3.04. The van der Waals surface area contributed by atoms with Gasteiger partial charge in [0.05, 0.1) is 6.54 Å². The molecule has 0 aliphatic carbocycles. The van der Waals surface area contributed by atoms with Crippen LogP contribution in [-0.2, 0) is 11.2 Å². The number of halogens is 1. The number of nitrogens with two attached hydrogens (primary N) is 1. The molecule has 2 rings (SSSR count). The number of rotatable bonds is 7. The quantitative estimate of drug-likeness (QED) is 0.388. The molecule has 4 N–H and O–H groups in total. The van der Waals surface area contributed by atoms with Gasteiger partial charge in [0.25, 0.3) is 0 Å². The van der Waals surface area contributed by atoms with Gasteiger partial charge in [-0.1, -0.05) is 12.1 Å². The molecule has 1 heterocycles. The molecule has 0 aromatic heterocycles. The number of likely N-dealkylation sites (tertiary alicyclic amines) is 1. The maximum Gasteiger partial charge on any atom is 0.231 e. The zero-order valence-corrected chi connectivity index (χ0v) is 14.8. The molecule has 25 heavy (non-hydrogen) atoms. The highest BCUT2D eigenvalue weighted by Crippen LogP contribution is 2.09. The van der Waals surface area contributed by atoms with Crippen LogP contribution in [0.15, 0.2) is 29.3 Å². The first-order valence-electron chi connectivity index (χ1n) is 8.79. The molecule has 138 valence electrons. The summed E-state index contributed by atoms with van der Waals surface area (Å²) in [4.78, 5) is 17.3. The largest absolute Gasteiger partial charge is 0.369 e. The minimum atomic E-state index is -0.276. The van der Waals surface area contributed by atoms with Gasteiger partial charge in [-0.3, -0.25) is 14.7 Å². The molecular weight excluding hydrogens is 321 g/mol. The summed E-state index contributed by atoms with van der Waals surface area (Å²) in [6.45, 7) is 2.82. The number of carbonyl (C=O) groups is 1. The molecule has 7 heteroatoms. The first-order valence-corrected chi connectivity index (χ1v) is 8.79. The fraction of sp³-hybridized carbons (Fsp3) is 0.556. The van der Waals surface area contributed by atoms with Gasteiger partial charge in [0.2, 0.25) is 5.91 Å². The van der Waals surface area contributed by atoms with E-state index in [1.807, 2.05) is 6.07 Å². The molecule has 0 saturated carbocycles. The third-order valence-electron chi connectivity index (χ3n) is 4.36. The van der Waals surface area contributed by atoms with Gasteiger partial charge in [-0.2, -0.15) is 0 Å². The SMILES string of the molecule is CN=C(NCCCc1cccc(F)c1)NC1CCN(CC(N)=O)CC1. The lowest BCUT2D eigenvalue weighted by Gasteiger charge is -2.32. The summed E-state index contributed by atoms with van der Waals surface area (Å²) >= 11 is 0. The van der Waals surface area contributed by atoms with Crippen molar-refractivity contribution in [3.8, 4) is 0 Å². The van der Waals surface area contributed by atoms with Crippen LogP contribution in [0.5, 0.6) is 0 Å². The molecule has 1 aromatic carbocycles. The summed E-state index contributed by atoms with van der Waals surface area (Å²) < 4.78 is 13.1. The van der Waals surface area contributed by atoms with Crippen LogP contribution < -0.4 is 16.4 Å². The van der Waals surface area contributed by atoms with Gasteiger partial charge in [0, 0.05) is 32.7 Å². The topological polar surface area (TPSA) is 82.8 Å². The number of guanidine groups is 1. The van der Waals surface area contributed by atoms with Crippen molar-refractivity contribution in [2.75, 3.05) is 33.2 Å². The average Bonchev–Trinajstić information content (AvgIpc) is 2.59. The van der Waals surface area contributed by atoms with Gasteiger partial charge in [0.15, 0.2) is 5.96 Å². The monoisotopic (exact) mass is 349 g/mol. The van der Waals surface area contributed by atoms with E-state index in [2.05, 4.69) is 20.5 Å². The van der Waals surface area contributed by atoms with Crippen molar-refractivity contribution in [2.45, 2.75) is 31.7 Å². The summed E-state index contributed by atoms with van der Waals surface area (Å²) in [6.07, 6.45) is 3.64. The standard InChI is InChI=1S/C18H28FN5O/c1-21-18(22-9-3-5-14-4-2-6-15(19)12-14)23-16-7-10-24(11-8-16)13-17(20)25/h2,4,6,12,16H,3,5,7-11,13H2,1H3,(H2,20,25)(H2,21,22,23). The number of amides is 1. The third kappa shape index (κ3) is 7.09. The van der Waals surface area contributed by atoms with E-state index in [1.165, 1.54) is 6.07 Å². The van der Waals surface area contributed by atoms with Gasteiger partial charge in [-0.05, 0) is 43.4 Å². The predicted molar refractivity (Wildman–Crippen MR) is 97.9 cm³/mol. The summed E-state index contributed by atoms with van der Waals surface area (Å²) in [7, 11) is 1.75. The first-order chi connectivity index (χ1) is 12.1. The molecule has 1 aromatic rings. The molecule has 1 fully saturated rings. The van der Waals surface area contributed by atoms with Gasteiger partial charge < -0.3 is 16.4 Å². The second-order valence-electron chi connectivity index (χ2n) is 6.39. The van der Waals surface area contributed by atoms with Crippen LogP contribution in [0.3, 0.4) is 0 Å². The molecule has 1 amide bonds. The van der Waals surface area contributed by atoms with Crippen LogP contribution in [0.2, 0.25) is 0 Å². The number of nitrogens with one attached hydrogen (secondary N) is 2. The van der Waals surface area contributed by atoms with E-state index in [0.717, 1.165) is 56.8 Å². The Hall–Kier alpha value is -2.15. The molecule has 0 radical (unpaired) electrons. The highest BCUT2D eigenvalue weighted by molar-refractivity contribution is 5.80. The summed E-state index contributed by atoms with van der Waals surface area (Å²) in [5.74, 6) is 0.320. The Kier molecular flexibility index (Phi) is 7.66. The summed E-state index contributed by atoms with van der Waals surface area (Å²) in [6, 6.07) is 7.06. The van der Waals surface area contributed by atoms with Crippen LogP contribution in [0.4, 0.5) is 4.39 Å². The Morgan fingerprint density at radius 1 is 1.40 bits per heavy atom. The maximum atomic E-state index is 13.1. The summed E-state index contributed by atoms with van der Waals surface area (Å²) in [5.41, 5.74) is 6.24. The van der Waals surface area contributed by atoms with E-state index in [-0.39, 0.29) is 11.7 Å². The highest BCUT2D eigenvalue weighted by atomic mass is 19.1. The maximum absolute atomic E-state index is 13.1. The number of aryl methyl sites for hydroxylation is 1. The number of carbonyl (C=O) groups excluding carboxylic acids is 1. The lowest BCUT2D eigenvalue weighted by Crippen LogP contribution is -2.49. The number of nitrogens with zero attached hydrogens (tertiary/aromatic N) is 2. The number of aliphatic imine (C=N–C) groups is 1. The van der Waals surface area contributed by atoms with Gasteiger partial charge in [0.1, 0.15) is 5.82 Å². The van der Waals surface area contributed by atoms with Crippen LogP contribution in [0, 0.1) is 5.82 Å². The van der Waals surface area contributed by atoms with Crippen LogP contribution in [0.25, 0.3) is 0 Å². The van der Waals surface area contributed by atoms with E-state index >= 15 is 0 Å². The first kappa shape index (κ1) is 19.2. The smallest absolute Gasteiger partial charge is 0.231 e. The minimum Gasteiger partial charge on any atom is -0.369 e. The Bertz CT molecular complexity index is 585. The van der Waals surface area contributed by atoms with Crippen molar-refractivity contribution in [3.63, 3.8) is 0 Å². The van der Waals surface area contributed by atoms with Crippen molar-refractivity contribution in [2.24, 2.45) is 10.7 Å². The van der Waals surface area contributed by atoms with Crippen molar-refractivity contribution in [1.82, 2.24) is 15.5 Å². The van der Waals surface area contributed by atoms with E-state index in [1.54, 1.807) is 19.2 Å². The Labute approximate surface area is 148 Å². The second kappa shape index (κ2) is 9.98. The highest BCUT2D eigenvalue weighted by Gasteiger charge is 2.20. The van der Waals surface area contributed by atoms with Crippen LogP contribution in [0.1, 0.15) is 24.8 Å². The van der Waals surface area contributed by atoms with Crippen molar-refractivity contribution >= 4 is 11.9 Å². The van der Waals surface area contributed by atoms with E-state index in [9.17, 15) is 9.18 Å². The molecular formula is C18H28FN5O. The van der Waals surface area contributed by atoms with Crippen molar-refractivity contribution in [3.05, 3.63) is 35.6 Å². The number of hydrogen-bond donors (Lipinski definition) is 3. The number of piperidine rings is 1. The Morgan fingerprint density at radius 2 is 2.16 bits per heavy atom. The number of benzene rings is 1. The molecule has 1 saturated heterocycles. The molecule has 0 atom stereocenters. The lowest BCUT2D eigenvalue weighted by molar-refractivity contribution is -0.119. The van der Waals surface area contributed by atoms with Crippen molar-refractivity contribution < 1.29 is 9.18 Å². The zero-order valence-electron chi connectivity index (χ0n) is 14.8. The van der Waals surface area contributed by atoms with Crippen LogP contribution in [-0.4, -0.2) is 56.0 Å². The average molecular weight is 349 g/mol. The third-order valence-corrected chi connectivity index (χ3v) is 4.36. The minimum absolute atomic E-state index is 0.189. The molecule has 0 unspecified atom stereocenters. The van der Waals surface area contributed by atoms with Gasteiger partial charge in [-0.15, -0.1) is 0 Å². The lowest BCUT2D eigenvalue weighted by atomic mass is 10.1. The van der Waals surface area contributed by atoms with Gasteiger partial charge in [-0.25, -0.2) is 4.39 Å². The Balaban J connectivity index is 1.65. The van der Waals surface area contributed by atoms with E-state index in [4.69, 9.17) is 5.73 Å². The van der Waals surface area contributed by atoms with Crippen molar-refractivity contribution in [1.29, 1.82) is 0 Å².